The van der Waals surface area contributed by atoms with Crippen LogP contribution in [0.2, 0.25) is 0 Å². The molecule has 0 N–H and O–H groups in total. The summed E-state index contributed by atoms with van der Waals surface area (Å²) in [6.07, 6.45) is 1.84. The van der Waals surface area contributed by atoms with Gasteiger partial charge in [0.05, 0.1) is 19.9 Å². The highest BCUT2D eigenvalue weighted by atomic mass is 79.9. The highest BCUT2D eigenvalue weighted by Crippen LogP contribution is 2.12. The van der Waals surface area contributed by atoms with Crippen LogP contribution in [0.5, 0.6) is 5.75 Å². The van der Waals surface area contributed by atoms with Crippen molar-refractivity contribution in [1.82, 2.24) is 15.0 Å². The average molecular weight is 268 g/mol. The van der Waals surface area contributed by atoms with E-state index in [2.05, 4.69) is 26.2 Å². The van der Waals surface area contributed by atoms with Crippen LogP contribution in [0.25, 0.3) is 0 Å². The topological polar surface area (TPSA) is 39.9 Å². The summed E-state index contributed by atoms with van der Waals surface area (Å²) in [6.45, 7) is 0.711. The molecule has 1 heterocycles. The van der Waals surface area contributed by atoms with Gasteiger partial charge in [0.2, 0.25) is 0 Å². The van der Waals surface area contributed by atoms with Crippen molar-refractivity contribution < 1.29 is 4.74 Å². The first-order chi connectivity index (χ1) is 7.28. The molecule has 0 radical (unpaired) electrons. The number of hydrogen-bond acceptors (Lipinski definition) is 3. The van der Waals surface area contributed by atoms with Gasteiger partial charge in [-0.1, -0.05) is 17.3 Å². The predicted molar refractivity (Wildman–Crippen MR) is 59.8 cm³/mol. The van der Waals surface area contributed by atoms with Gasteiger partial charge in [0, 0.05) is 0 Å². The van der Waals surface area contributed by atoms with Crippen LogP contribution in [0.4, 0.5) is 0 Å². The number of nitrogens with zero attached hydrogens (tertiary/aromatic N) is 3. The van der Waals surface area contributed by atoms with Crippen LogP contribution in [0.1, 0.15) is 5.56 Å². The Labute approximate surface area is 96.0 Å². The van der Waals surface area contributed by atoms with Crippen molar-refractivity contribution in [2.45, 2.75) is 6.54 Å². The molecule has 15 heavy (non-hydrogen) atoms. The first-order valence-electron chi connectivity index (χ1n) is 4.46. The fourth-order valence-corrected chi connectivity index (χ4v) is 1.58. The summed E-state index contributed by atoms with van der Waals surface area (Å²) in [5, 5.41) is 7.79. The van der Waals surface area contributed by atoms with Crippen LogP contribution < -0.4 is 4.74 Å². The van der Waals surface area contributed by atoms with Gasteiger partial charge in [-0.25, -0.2) is 4.68 Å². The molecule has 1 aromatic carbocycles. The molecule has 78 valence electrons. The molecule has 4 nitrogen and oxygen atoms in total. The number of rotatable bonds is 3. The second-order valence-electron chi connectivity index (χ2n) is 3.09. The van der Waals surface area contributed by atoms with Crippen LogP contribution in [0.15, 0.2) is 35.1 Å². The third-order valence-corrected chi connectivity index (χ3v) is 2.38. The van der Waals surface area contributed by atoms with Crippen molar-refractivity contribution in [1.29, 1.82) is 0 Å². The van der Waals surface area contributed by atoms with Crippen molar-refractivity contribution in [2.75, 3.05) is 7.11 Å². The van der Waals surface area contributed by atoms with Crippen molar-refractivity contribution in [3.8, 4) is 5.75 Å². The molecule has 0 aliphatic heterocycles. The van der Waals surface area contributed by atoms with E-state index in [0.717, 1.165) is 15.9 Å². The lowest BCUT2D eigenvalue weighted by Gasteiger charge is -2.02. The van der Waals surface area contributed by atoms with E-state index < -0.39 is 0 Å². The maximum atomic E-state index is 5.08. The van der Waals surface area contributed by atoms with Gasteiger partial charge in [0.15, 0.2) is 0 Å². The fraction of sp³-hybridized carbons (Fsp3) is 0.200. The Morgan fingerprint density at radius 2 is 2.07 bits per heavy atom. The predicted octanol–water partition coefficient (Wildman–Crippen LogP) is 2.10. The molecule has 2 aromatic rings. The molecule has 0 spiro atoms. The zero-order valence-corrected chi connectivity index (χ0v) is 9.81. The molecule has 0 atom stereocenters. The maximum Gasteiger partial charge on any atom is 0.148 e. The van der Waals surface area contributed by atoms with Crippen molar-refractivity contribution in [2.24, 2.45) is 0 Å². The fourth-order valence-electron chi connectivity index (χ4n) is 1.27. The first kappa shape index (κ1) is 10.2. The molecule has 0 aliphatic carbocycles. The molecular formula is C10H10BrN3O. The van der Waals surface area contributed by atoms with Gasteiger partial charge < -0.3 is 4.74 Å². The zero-order chi connectivity index (χ0) is 10.7. The van der Waals surface area contributed by atoms with Gasteiger partial charge in [0.25, 0.3) is 0 Å². The van der Waals surface area contributed by atoms with E-state index in [1.165, 1.54) is 0 Å². The third kappa shape index (κ3) is 2.56. The summed E-state index contributed by atoms with van der Waals surface area (Å²) < 4.78 is 7.60. The van der Waals surface area contributed by atoms with Crippen LogP contribution in [-0.2, 0) is 6.54 Å². The number of aromatic nitrogens is 3. The van der Waals surface area contributed by atoms with E-state index in [9.17, 15) is 0 Å². The molecular weight excluding hydrogens is 258 g/mol. The van der Waals surface area contributed by atoms with Gasteiger partial charge in [-0.15, -0.1) is 5.10 Å². The van der Waals surface area contributed by atoms with E-state index >= 15 is 0 Å². The summed E-state index contributed by atoms with van der Waals surface area (Å²) in [5.41, 5.74) is 1.16. The standard InChI is InChI=1S/C10H10BrN3O/c1-15-9-4-2-8(3-5-9)6-14-7-10(11)12-13-14/h2-5,7H,6H2,1H3. The van der Waals surface area contributed by atoms with Crippen LogP contribution in [0.3, 0.4) is 0 Å². The molecule has 5 heteroatoms. The Morgan fingerprint density at radius 3 is 2.60 bits per heavy atom. The zero-order valence-electron chi connectivity index (χ0n) is 8.22. The summed E-state index contributed by atoms with van der Waals surface area (Å²) >= 11 is 3.25. The minimum Gasteiger partial charge on any atom is -0.497 e. The average Bonchev–Trinajstić information content (AvgIpc) is 2.65. The molecule has 0 amide bonds. The Hall–Kier alpha value is -1.36. The second-order valence-corrected chi connectivity index (χ2v) is 3.90. The SMILES string of the molecule is COc1ccc(Cn2cc(Br)nn2)cc1. The van der Waals surface area contributed by atoms with E-state index in [1.54, 1.807) is 11.8 Å². The van der Waals surface area contributed by atoms with Gasteiger partial charge in [-0.2, -0.15) is 0 Å². The summed E-state index contributed by atoms with van der Waals surface area (Å²) in [5.74, 6) is 0.860. The lowest BCUT2D eigenvalue weighted by molar-refractivity contribution is 0.414. The Bertz CT molecular complexity index is 438. The number of hydrogen-bond donors (Lipinski definition) is 0. The van der Waals surface area contributed by atoms with Gasteiger partial charge >= 0.3 is 0 Å². The Balaban J connectivity index is 2.11. The van der Waals surface area contributed by atoms with Crippen molar-refractivity contribution >= 4 is 15.9 Å². The van der Waals surface area contributed by atoms with E-state index in [4.69, 9.17) is 4.74 Å². The van der Waals surface area contributed by atoms with Crippen LogP contribution in [-0.4, -0.2) is 22.1 Å². The van der Waals surface area contributed by atoms with Crippen LogP contribution in [0, 0.1) is 0 Å². The van der Waals surface area contributed by atoms with E-state index in [-0.39, 0.29) is 0 Å². The lowest BCUT2D eigenvalue weighted by Crippen LogP contribution is -2.00. The third-order valence-electron chi connectivity index (χ3n) is 2.01. The summed E-state index contributed by atoms with van der Waals surface area (Å²) in [4.78, 5) is 0. The smallest absolute Gasteiger partial charge is 0.148 e. The van der Waals surface area contributed by atoms with Crippen molar-refractivity contribution in [3.63, 3.8) is 0 Å². The summed E-state index contributed by atoms with van der Waals surface area (Å²) in [7, 11) is 1.66. The molecule has 0 bridgehead atoms. The lowest BCUT2D eigenvalue weighted by atomic mass is 10.2. The van der Waals surface area contributed by atoms with Gasteiger partial charge in [-0.05, 0) is 33.6 Å². The molecule has 0 aliphatic rings. The normalized spacial score (nSPS) is 10.3. The molecule has 0 unspecified atom stereocenters. The Morgan fingerprint density at radius 1 is 1.33 bits per heavy atom. The molecule has 2 rings (SSSR count). The van der Waals surface area contributed by atoms with E-state index in [0.29, 0.717) is 6.54 Å². The monoisotopic (exact) mass is 267 g/mol. The number of halogens is 1. The minimum atomic E-state index is 0.711. The minimum absolute atomic E-state index is 0.711. The molecule has 0 saturated carbocycles. The molecule has 0 fully saturated rings. The molecule has 0 saturated heterocycles. The Kier molecular flexibility index (Phi) is 3.01. The largest absolute Gasteiger partial charge is 0.497 e. The first-order valence-corrected chi connectivity index (χ1v) is 5.26. The quantitative estimate of drug-likeness (QED) is 0.855. The van der Waals surface area contributed by atoms with Gasteiger partial charge in [0.1, 0.15) is 10.4 Å². The number of ether oxygens (including phenoxy) is 1. The van der Waals surface area contributed by atoms with Gasteiger partial charge in [-0.3, -0.25) is 0 Å². The maximum absolute atomic E-state index is 5.08. The summed E-state index contributed by atoms with van der Waals surface area (Å²) in [6, 6.07) is 7.88. The second kappa shape index (κ2) is 4.44. The molecule has 1 aromatic heterocycles. The van der Waals surface area contributed by atoms with E-state index in [1.807, 2.05) is 30.5 Å². The van der Waals surface area contributed by atoms with Crippen LogP contribution >= 0.6 is 15.9 Å². The highest BCUT2D eigenvalue weighted by Gasteiger charge is 1.99. The highest BCUT2D eigenvalue weighted by molar-refractivity contribution is 9.10. The number of benzene rings is 1. The van der Waals surface area contributed by atoms with Crippen molar-refractivity contribution in [3.05, 3.63) is 40.6 Å². The number of methoxy groups -OCH3 is 1.